The molecule has 10 rings (SSSR count). The average molecular weight is 643 g/mol. The molecule has 1 aliphatic rings. The van der Waals surface area contributed by atoms with Gasteiger partial charge in [0.1, 0.15) is 23.2 Å². The fourth-order valence-electron chi connectivity index (χ4n) is 7.28. The van der Waals surface area contributed by atoms with Crippen molar-refractivity contribution in [3.8, 4) is 16.8 Å². The lowest BCUT2D eigenvalue weighted by atomic mass is 9.98. The number of hydrogen-bond acceptors (Lipinski definition) is 4. The minimum absolute atomic E-state index is 0.294. The monoisotopic (exact) mass is 642 g/mol. The Bertz CT molecular complexity index is 2760. The summed E-state index contributed by atoms with van der Waals surface area (Å²) in [7, 11) is 0. The lowest BCUT2D eigenvalue weighted by Gasteiger charge is -2.24. The van der Waals surface area contributed by atoms with Gasteiger partial charge in [0.15, 0.2) is 5.84 Å². The van der Waals surface area contributed by atoms with Gasteiger partial charge in [0.25, 0.3) is 0 Å². The van der Waals surface area contributed by atoms with E-state index in [0.29, 0.717) is 5.84 Å². The first-order valence-corrected chi connectivity index (χ1v) is 16.9. The van der Waals surface area contributed by atoms with Gasteiger partial charge in [-0.1, -0.05) is 127 Å². The summed E-state index contributed by atoms with van der Waals surface area (Å²) in [4.78, 5) is 10.2. The molecular formula is C45H30N4O. The number of nitrogens with zero attached hydrogens (tertiary/aromatic N) is 3. The van der Waals surface area contributed by atoms with Crippen molar-refractivity contribution in [2.24, 2.45) is 9.98 Å². The minimum atomic E-state index is -0.294. The zero-order valence-corrected chi connectivity index (χ0v) is 27.0. The van der Waals surface area contributed by atoms with E-state index in [9.17, 15) is 0 Å². The molecule has 1 aliphatic heterocycles. The van der Waals surface area contributed by atoms with Gasteiger partial charge < -0.3 is 14.3 Å². The molecular weight excluding hydrogens is 613 g/mol. The Morgan fingerprint density at radius 2 is 1.18 bits per heavy atom. The Morgan fingerprint density at radius 3 is 1.94 bits per heavy atom. The first-order valence-electron chi connectivity index (χ1n) is 16.9. The van der Waals surface area contributed by atoms with E-state index in [0.717, 1.165) is 77.7 Å². The Hall–Kier alpha value is -6.72. The summed E-state index contributed by atoms with van der Waals surface area (Å²) < 4.78 is 9.19. The second kappa shape index (κ2) is 11.5. The van der Waals surface area contributed by atoms with Gasteiger partial charge in [-0.05, 0) is 53.6 Å². The molecule has 0 spiro atoms. The molecule has 0 fully saturated rings. The standard InChI is InChI=1S/C45H30N4O/c1-5-15-29(16-6-1)35-25-32(45-47-43(30-17-7-2-8-18-30)46-44(48-45)31-19-9-3-10-20-31)26-38-37-27-40-36(28-41(37)50-42(35)38)34-23-13-14-24-39(34)49(40)33-21-11-4-12-22-33/h1-28,43H,(H,46,47,48). The van der Waals surface area contributed by atoms with Crippen LogP contribution in [0.25, 0.3) is 60.6 Å². The summed E-state index contributed by atoms with van der Waals surface area (Å²) in [6, 6.07) is 59.1. The second-order valence-electron chi connectivity index (χ2n) is 12.7. The molecule has 50 heavy (non-hydrogen) atoms. The molecule has 1 atom stereocenters. The number of nitrogens with one attached hydrogen (secondary N) is 1. The van der Waals surface area contributed by atoms with Crippen LogP contribution in [0, 0.1) is 0 Å². The van der Waals surface area contributed by atoms with Crippen LogP contribution < -0.4 is 5.32 Å². The normalized spacial score (nSPS) is 14.6. The Kier molecular flexibility index (Phi) is 6.49. The van der Waals surface area contributed by atoms with E-state index in [1.165, 1.54) is 5.39 Å². The van der Waals surface area contributed by atoms with Gasteiger partial charge in [-0.2, -0.15) is 0 Å². The maximum Gasteiger partial charge on any atom is 0.159 e. The molecule has 1 N–H and O–H groups in total. The number of aromatic nitrogens is 1. The number of hydrogen-bond donors (Lipinski definition) is 1. The third-order valence-electron chi connectivity index (χ3n) is 9.63. The molecule has 7 aromatic carbocycles. The van der Waals surface area contributed by atoms with E-state index in [-0.39, 0.29) is 6.17 Å². The summed E-state index contributed by atoms with van der Waals surface area (Å²) in [5, 5.41) is 8.12. The number of aliphatic imine (C=N–C) groups is 2. The summed E-state index contributed by atoms with van der Waals surface area (Å²) in [5.41, 5.74) is 10.2. The second-order valence-corrected chi connectivity index (χ2v) is 12.7. The van der Waals surface area contributed by atoms with Gasteiger partial charge in [-0.3, -0.25) is 0 Å². The molecule has 0 saturated carbocycles. The summed E-state index contributed by atoms with van der Waals surface area (Å²) in [5.74, 6) is 1.46. The molecule has 0 bridgehead atoms. The molecule has 5 nitrogen and oxygen atoms in total. The Balaban J connectivity index is 1.24. The molecule has 0 saturated heterocycles. The molecule has 9 aromatic rings. The van der Waals surface area contributed by atoms with E-state index in [1.54, 1.807) is 0 Å². The van der Waals surface area contributed by atoms with Gasteiger partial charge in [0.05, 0.1) is 11.0 Å². The SMILES string of the molecule is c1ccc(C2=NC(c3ccccc3)NC(c3cc(-c4ccccc4)c4oc5cc6c7ccccc7n(-c7ccccc7)c6cc5c4c3)=N2)cc1. The van der Waals surface area contributed by atoms with Gasteiger partial charge in [0.2, 0.25) is 0 Å². The van der Waals surface area contributed by atoms with Crippen molar-refractivity contribution in [2.45, 2.75) is 6.17 Å². The predicted molar refractivity (Wildman–Crippen MR) is 205 cm³/mol. The largest absolute Gasteiger partial charge is 0.455 e. The molecule has 0 amide bonds. The van der Waals surface area contributed by atoms with Crippen LogP contribution in [0.2, 0.25) is 0 Å². The van der Waals surface area contributed by atoms with E-state index in [4.69, 9.17) is 14.4 Å². The highest BCUT2D eigenvalue weighted by Crippen LogP contribution is 2.41. The van der Waals surface area contributed by atoms with Crippen molar-refractivity contribution in [3.63, 3.8) is 0 Å². The van der Waals surface area contributed by atoms with Crippen LogP contribution in [0.4, 0.5) is 0 Å². The number of benzene rings is 7. The van der Waals surface area contributed by atoms with Crippen LogP contribution in [0.1, 0.15) is 22.9 Å². The fourth-order valence-corrected chi connectivity index (χ4v) is 7.28. The van der Waals surface area contributed by atoms with E-state index >= 15 is 0 Å². The number of amidine groups is 2. The Labute approximate surface area is 288 Å². The maximum absolute atomic E-state index is 6.84. The van der Waals surface area contributed by atoms with Crippen molar-refractivity contribution in [2.75, 3.05) is 0 Å². The molecule has 3 heterocycles. The minimum Gasteiger partial charge on any atom is -0.455 e. The molecule has 0 radical (unpaired) electrons. The third kappa shape index (κ3) is 4.63. The van der Waals surface area contributed by atoms with Crippen LogP contribution in [0.3, 0.4) is 0 Å². The summed E-state index contributed by atoms with van der Waals surface area (Å²) in [6.07, 6.45) is -0.294. The lowest BCUT2D eigenvalue weighted by molar-refractivity contribution is 0.670. The first-order chi connectivity index (χ1) is 24.8. The highest BCUT2D eigenvalue weighted by atomic mass is 16.3. The fraction of sp³-hybridized carbons (Fsp3) is 0.0222. The van der Waals surface area contributed by atoms with Crippen molar-refractivity contribution in [3.05, 3.63) is 187 Å². The van der Waals surface area contributed by atoms with Crippen LogP contribution >= 0.6 is 0 Å². The van der Waals surface area contributed by atoms with Crippen molar-refractivity contribution in [1.82, 2.24) is 9.88 Å². The predicted octanol–water partition coefficient (Wildman–Crippen LogP) is 10.8. The maximum atomic E-state index is 6.84. The molecule has 2 aromatic heterocycles. The van der Waals surface area contributed by atoms with Crippen LogP contribution in [-0.4, -0.2) is 16.2 Å². The van der Waals surface area contributed by atoms with Crippen molar-refractivity contribution < 1.29 is 4.42 Å². The van der Waals surface area contributed by atoms with Crippen LogP contribution in [-0.2, 0) is 0 Å². The zero-order chi connectivity index (χ0) is 33.0. The Morgan fingerprint density at radius 1 is 0.520 bits per heavy atom. The van der Waals surface area contributed by atoms with Crippen molar-refractivity contribution in [1.29, 1.82) is 0 Å². The molecule has 236 valence electrons. The van der Waals surface area contributed by atoms with Gasteiger partial charge in [-0.15, -0.1) is 0 Å². The van der Waals surface area contributed by atoms with Gasteiger partial charge in [-0.25, -0.2) is 9.98 Å². The van der Waals surface area contributed by atoms with Crippen LogP contribution in [0.15, 0.2) is 184 Å². The van der Waals surface area contributed by atoms with Gasteiger partial charge >= 0.3 is 0 Å². The van der Waals surface area contributed by atoms with Gasteiger partial charge in [0, 0.05) is 43.9 Å². The smallest absolute Gasteiger partial charge is 0.159 e. The highest BCUT2D eigenvalue weighted by Gasteiger charge is 2.24. The number of para-hydroxylation sites is 2. The number of fused-ring (bicyclic) bond motifs is 6. The summed E-state index contributed by atoms with van der Waals surface area (Å²) >= 11 is 0. The highest BCUT2D eigenvalue weighted by molar-refractivity contribution is 6.21. The summed E-state index contributed by atoms with van der Waals surface area (Å²) in [6.45, 7) is 0. The molecule has 0 aliphatic carbocycles. The quantitative estimate of drug-likeness (QED) is 0.203. The number of rotatable bonds is 5. The average Bonchev–Trinajstić information content (AvgIpc) is 3.72. The third-order valence-corrected chi connectivity index (χ3v) is 9.63. The van der Waals surface area contributed by atoms with E-state index in [2.05, 4.69) is 137 Å². The topological polar surface area (TPSA) is 54.8 Å². The lowest BCUT2D eigenvalue weighted by Crippen LogP contribution is -2.33. The van der Waals surface area contributed by atoms with Crippen LogP contribution in [0.5, 0.6) is 0 Å². The molecule has 1 unspecified atom stereocenters. The van der Waals surface area contributed by atoms with E-state index < -0.39 is 0 Å². The van der Waals surface area contributed by atoms with E-state index in [1.807, 2.05) is 42.5 Å². The zero-order valence-electron chi connectivity index (χ0n) is 27.0. The molecule has 5 heteroatoms. The number of furan rings is 1. The van der Waals surface area contributed by atoms with Crippen molar-refractivity contribution >= 4 is 55.4 Å². The first kappa shape index (κ1) is 28.3.